The van der Waals surface area contributed by atoms with Crippen molar-refractivity contribution >= 4 is 60.5 Å². The second kappa shape index (κ2) is 9.25. The van der Waals surface area contributed by atoms with Gasteiger partial charge in [-0.2, -0.15) is 0 Å². The highest BCUT2D eigenvalue weighted by Gasteiger charge is 2.18. The lowest BCUT2D eigenvalue weighted by Crippen LogP contribution is -2.16. The predicted molar refractivity (Wildman–Crippen MR) is 138 cm³/mol. The molecule has 0 saturated carbocycles. The van der Waals surface area contributed by atoms with Crippen LogP contribution in [0.3, 0.4) is 0 Å². The third kappa shape index (κ3) is 4.86. The summed E-state index contributed by atoms with van der Waals surface area (Å²) in [6, 6.07) is 16.0. The van der Waals surface area contributed by atoms with Gasteiger partial charge in [0.2, 0.25) is 0 Å². The summed E-state index contributed by atoms with van der Waals surface area (Å²) >= 11 is 7.34. The Morgan fingerprint density at radius 3 is 2.35 bits per heavy atom. The van der Waals surface area contributed by atoms with Gasteiger partial charge in [-0.3, -0.25) is 18.9 Å². The smallest absolute Gasteiger partial charge is 0.308 e. The monoisotopic (exact) mass is 515 g/mol. The summed E-state index contributed by atoms with van der Waals surface area (Å²) < 4.78 is 30.3. The maximum absolute atomic E-state index is 12.9. The number of rotatable bonds is 6. The minimum absolute atomic E-state index is 0.0203. The third-order valence-corrected chi connectivity index (χ3v) is 7.83. The summed E-state index contributed by atoms with van der Waals surface area (Å²) in [7, 11) is -3.83. The van der Waals surface area contributed by atoms with E-state index in [1.54, 1.807) is 34.9 Å². The minimum atomic E-state index is -3.83. The fourth-order valence-electron chi connectivity index (χ4n) is 3.50. The van der Waals surface area contributed by atoms with Crippen molar-refractivity contribution in [2.24, 2.45) is 0 Å². The van der Waals surface area contributed by atoms with Crippen molar-refractivity contribution in [2.75, 3.05) is 10.0 Å². The van der Waals surface area contributed by atoms with Gasteiger partial charge in [-0.25, -0.2) is 8.42 Å². The molecular weight excluding hydrogens is 494 g/mol. The van der Waals surface area contributed by atoms with Gasteiger partial charge in [0.1, 0.15) is 0 Å². The Morgan fingerprint density at radius 2 is 1.68 bits per heavy atom. The molecule has 0 spiro atoms. The number of hydrogen-bond acceptors (Lipinski definition) is 5. The van der Waals surface area contributed by atoms with Crippen LogP contribution in [0, 0.1) is 6.92 Å². The van der Waals surface area contributed by atoms with E-state index >= 15 is 0 Å². The number of nitrogens with one attached hydrogen (secondary N) is 2. The number of halogens is 1. The Labute approximate surface area is 206 Å². The van der Waals surface area contributed by atoms with Gasteiger partial charge in [0.15, 0.2) is 0 Å². The van der Waals surface area contributed by atoms with Crippen LogP contribution in [-0.2, 0) is 10.0 Å². The summed E-state index contributed by atoms with van der Waals surface area (Å²) in [5.41, 5.74) is 2.55. The van der Waals surface area contributed by atoms with E-state index in [2.05, 4.69) is 10.0 Å². The molecule has 0 radical (unpaired) electrons. The van der Waals surface area contributed by atoms with E-state index in [1.807, 2.05) is 20.8 Å². The van der Waals surface area contributed by atoms with E-state index in [-0.39, 0.29) is 32.1 Å². The van der Waals surface area contributed by atoms with Crippen LogP contribution in [0.1, 0.15) is 35.8 Å². The molecule has 0 fully saturated rings. The Kier molecular flexibility index (Phi) is 6.53. The highest BCUT2D eigenvalue weighted by atomic mass is 35.5. The third-order valence-electron chi connectivity index (χ3n) is 5.18. The summed E-state index contributed by atoms with van der Waals surface area (Å²) in [5.74, 6) is -0.503. The summed E-state index contributed by atoms with van der Waals surface area (Å²) in [6.45, 7) is 5.74. The van der Waals surface area contributed by atoms with Crippen LogP contribution in [0.2, 0.25) is 5.02 Å². The molecule has 7 nitrogen and oxygen atoms in total. The largest absolute Gasteiger partial charge is 0.322 e. The lowest BCUT2D eigenvalue weighted by atomic mass is 10.2. The fourth-order valence-corrected chi connectivity index (χ4v) is 5.80. The van der Waals surface area contributed by atoms with E-state index in [0.717, 1.165) is 27.1 Å². The van der Waals surface area contributed by atoms with Gasteiger partial charge in [0, 0.05) is 17.4 Å². The molecule has 34 heavy (non-hydrogen) atoms. The lowest BCUT2D eigenvalue weighted by Gasteiger charge is -2.12. The molecule has 176 valence electrons. The Morgan fingerprint density at radius 1 is 1.00 bits per heavy atom. The van der Waals surface area contributed by atoms with Gasteiger partial charge >= 0.3 is 4.87 Å². The minimum Gasteiger partial charge on any atom is -0.322 e. The van der Waals surface area contributed by atoms with Crippen LogP contribution < -0.4 is 14.9 Å². The number of fused-ring (bicyclic) bond motifs is 1. The predicted octanol–water partition coefficient (Wildman–Crippen LogP) is 5.66. The highest BCUT2D eigenvalue weighted by molar-refractivity contribution is 7.92. The van der Waals surface area contributed by atoms with E-state index in [1.165, 1.54) is 30.3 Å². The zero-order valence-electron chi connectivity index (χ0n) is 18.6. The Hall–Kier alpha value is -3.14. The zero-order valence-corrected chi connectivity index (χ0v) is 21.0. The molecule has 1 aromatic heterocycles. The maximum atomic E-state index is 12.9. The van der Waals surface area contributed by atoms with Crippen molar-refractivity contribution in [1.82, 2.24) is 4.57 Å². The summed E-state index contributed by atoms with van der Waals surface area (Å²) in [4.78, 5) is 25.3. The van der Waals surface area contributed by atoms with Gasteiger partial charge in [-0.05, 0) is 69.3 Å². The van der Waals surface area contributed by atoms with Crippen LogP contribution in [0.25, 0.3) is 10.2 Å². The molecule has 0 saturated heterocycles. The maximum Gasteiger partial charge on any atom is 0.308 e. The van der Waals surface area contributed by atoms with Gasteiger partial charge in [-0.15, -0.1) is 0 Å². The number of amides is 1. The second-order valence-corrected chi connectivity index (χ2v) is 11.2. The number of carbonyl (C=O) groups excluding carboxylic acids is 1. The average molecular weight is 516 g/mol. The first-order valence-corrected chi connectivity index (χ1v) is 13.1. The van der Waals surface area contributed by atoms with Crippen LogP contribution >= 0.6 is 22.9 Å². The lowest BCUT2D eigenvalue weighted by molar-refractivity contribution is 0.102. The Bertz CT molecular complexity index is 1560. The standard InChI is InChI=1S/C24H22ClN3O4S2/c1-14(2)28-21-11-7-16(13-22(21)33-24(28)30)26-23(29)19-12-17(6-10-20(19)25)27-34(31,32)18-8-4-15(3)5-9-18/h4-14,27H,1-3H3,(H,26,29). The first-order chi connectivity index (χ1) is 16.0. The van der Waals surface area contributed by atoms with E-state index in [9.17, 15) is 18.0 Å². The number of thiazole rings is 1. The number of aromatic nitrogens is 1. The molecule has 0 aliphatic carbocycles. The first kappa shape index (κ1) is 24.0. The molecular formula is C24H22ClN3O4S2. The van der Waals surface area contributed by atoms with Crippen LogP contribution in [0.5, 0.6) is 0 Å². The molecule has 0 aliphatic heterocycles. The molecule has 1 amide bonds. The average Bonchev–Trinajstić information content (AvgIpc) is 3.10. The van der Waals surface area contributed by atoms with E-state index in [0.29, 0.717) is 5.69 Å². The second-order valence-electron chi connectivity index (χ2n) is 8.08. The van der Waals surface area contributed by atoms with Gasteiger partial charge in [0.25, 0.3) is 15.9 Å². The molecule has 4 rings (SSSR count). The molecule has 2 N–H and O–H groups in total. The molecule has 0 aliphatic rings. The van der Waals surface area contributed by atoms with Crippen molar-refractivity contribution in [3.63, 3.8) is 0 Å². The fraction of sp³-hybridized carbons (Fsp3) is 0.167. The quantitative estimate of drug-likeness (QED) is 0.346. The van der Waals surface area contributed by atoms with Crippen molar-refractivity contribution in [2.45, 2.75) is 31.7 Å². The number of carbonyl (C=O) groups is 1. The molecule has 0 unspecified atom stereocenters. The first-order valence-electron chi connectivity index (χ1n) is 10.4. The molecule has 0 bridgehead atoms. The van der Waals surface area contributed by atoms with Crippen LogP contribution in [0.15, 0.2) is 70.4 Å². The SMILES string of the molecule is Cc1ccc(S(=O)(=O)Nc2ccc(Cl)c(C(=O)Nc3ccc4c(c3)sc(=O)n4C(C)C)c2)cc1. The molecule has 10 heteroatoms. The number of hydrogen-bond donors (Lipinski definition) is 2. The highest BCUT2D eigenvalue weighted by Crippen LogP contribution is 2.27. The number of sulfonamides is 1. The van der Waals surface area contributed by atoms with E-state index < -0.39 is 15.9 Å². The van der Waals surface area contributed by atoms with Crippen LogP contribution in [0.4, 0.5) is 11.4 Å². The summed E-state index contributed by atoms with van der Waals surface area (Å²) in [5, 5.41) is 2.95. The normalized spacial score (nSPS) is 11.7. The number of nitrogens with zero attached hydrogens (tertiary/aromatic N) is 1. The van der Waals surface area contributed by atoms with Crippen molar-refractivity contribution in [3.8, 4) is 0 Å². The molecule has 1 heterocycles. The molecule has 3 aromatic carbocycles. The number of aryl methyl sites for hydroxylation is 1. The van der Waals surface area contributed by atoms with Gasteiger partial charge in [0.05, 0.1) is 25.7 Å². The van der Waals surface area contributed by atoms with Crippen molar-refractivity contribution in [1.29, 1.82) is 0 Å². The van der Waals surface area contributed by atoms with Crippen molar-refractivity contribution in [3.05, 3.63) is 86.5 Å². The number of anilines is 2. The van der Waals surface area contributed by atoms with Crippen LogP contribution in [-0.4, -0.2) is 18.9 Å². The van der Waals surface area contributed by atoms with Crippen molar-refractivity contribution < 1.29 is 13.2 Å². The topological polar surface area (TPSA) is 97.3 Å². The molecule has 4 aromatic rings. The Balaban J connectivity index is 1.59. The van der Waals surface area contributed by atoms with E-state index in [4.69, 9.17) is 11.6 Å². The number of benzene rings is 3. The zero-order chi connectivity index (χ0) is 24.6. The summed E-state index contributed by atoms with van der Waals surface area (Å²) in [6.07, 6.45) is 0. The van der Waals surface area contributed by atoms with Gasteiger partial charge < -0.3 is 5.32 Å². The van der Waals surface area contributed by atoms with Gasteiger partial charge in [-0.1, -0.05) is 40.6 Å². The molecule has 0 atom stereocenters.